The molecule has 0 aromatic carbocycles. The Balaban J connectivity index is 1.83. The molecule has 0 atom stereocenters. The van der Waals surface area contributed by atoms with Crippen molar-refractivity contribution in [2.24, 2.45) is 0 Å². The summed E-state index contributed by atoms with van der Waals surface area (Å²) in [6.45, 7) is 47.8. The summed E-state index contributed by atoms with van der Waals surface area (Å²) >= 11 is 0. The van der Waals surface area contributed by atoms with Crippen molar-refractivity contribution in [2.75, 3.05) is 54.2 Å². The fourth-order valence-electron chi connectivity index (χ4n) is 14.5. The lowest BCUT2D eigenvalue weighted by Crippen LogP contribution is -2.65. The van der Waals surface area contributed by atoms with Gasteiger partial charge < -0.3 is 14.7 Å². The molecular formula is C66H129N9O3. The van der Waals surface area contributed by atoms with Gasteiger partial charge in [-0.15, -0.1) is 0 Å². The monoisotopic (exact) mass is 1100 g/mol. The zero-order valence-corrected chi connectivity index (χ0v) is 54.9. The highest BCUT2D eigenvalue weighted by Gasteiger charge is 2.52. The third kappa shape index (κ3) is 20.5. The molecule has 3 saturated heterocycles. The van der Waals surface area contributed by atoms with E-state index in [-0.39, 0.29) is 51.4 Å². The van der Waals surface area contributed by atoms with Crippen molar-refractivity contribution < 1.29 is 14.5 Å². The zero-order valence-electron chi connectivity index (χ0n) is 54.9. The molecular weight excluding hydrogens is 967 g/mol. The SMILES string of the molecule is CCCCCCCCON1C(C)(C)CC(N(CCCC)c2nc(N(CCCC)C3CC(C)(C)N(OCCCCCCCC)C(C)(C)C3)nc(N(CCCC)C3CC(C)(C)N(OCCCCCCCC)C(C)(C)C3)n2)CC1(C)C. The highest BCUT2D eigenvalue weighted by molar-refractivity contribution is 5.49. The van der Waals surface area contributed by atoms with Gasteiger partial charge in [0.05, 0.1) is 19.8 Å². The maximum Gasteiger partial charge on any atom is 0.232 e. The summed E-state index contributed by atoms with van der Waals surface area (Å²) in [5, 5.41) is 7.14. The molecule has 0 saturated carbocycles. The molecule has 3 aliphatic heterocycles. The summed E-state index contributed by atoms with van der Waals surface area (Å²) in [6.07, 6.45) is 35.0. The first-order valence-electron chi connectivity index (χ1n) is 33.3. The Morgan fingerprint density at radius 2 is 0.500 bits per heavy atom. The molecule has 0 bridgehead atoms. The fraction of sp³-hybridized carbons (Fsp3) is 0.955. The van der Waals surface area contributed by atoms with E-state index < -0.39 is 0 Å². The molecule has 1 aromatic rings. The Hall–Kier alpha value is -1.83. The number of rotatable bonds is 39. The van der Waals surface area contributed by atoms with Crippen molar-refractivity contribution in [3.8, 4) is 0 Å². The van der Waals surface area contributed by atoms with Gasteiger partial charge in [-0.05, 0) is 160 Å². The van der Waals surface area contributed by atoms with E-state index in [1.807, 2.05) is 0 Å². The largest absolute Gasteiger partial charge is 0.337 e. The molecule has 1 aromatic heterocycles. The van der Waals surface area contributed by atoms with Gasteiger partial charge in [0.15, 0.2) is 0 Å². The van der Waals surface area contributed by atoms with Crippen LogP contribution in [0.5, 0.6) is 0 Å². The minimum absolute atomic E-state index is 0.192. The molecule has 12 nitrogen and oxygen atoms in total. The summed E-state index contributed by atoms with van der Waals surface area (Å²) in [7, 11) is 0. The van der Waals surface area contributed by atoms with E-state index in [4.69, 9.17) is 29.5 Å². The van der Waals surface area contributed by atoms with Crippen LogP contribution in [0.3, 0.4) is 0 Å². The molecule has 78 heavy (non-hydrogen) atoms. The third-order valence-corrected chi connectivity index (χ3v) is 17.8. The highest BCUT2D eigenvalue weighted by Crippen LogP contribution is 2.46. The standard InChI is InChI=1S/C66H129N9O3/c1-19-25-31-34-37-40-46-76-73-61(7,8)49-55(50-62(73,9)10)70(43-28-22-4)58-67-59(71(44-29-23-5)56-51-63(11,12)74(64(13,14)52-56)77-47-41-38-35-32-26-20-2)69-60(68-58)72(45-30-24-6)57-53-65(15,16)75(66(17,18)54-57)78-48-42-39-36-33-27-21-3/h55-57H,19-54H2,1-18H3. The van der Waals surface area contributed by atoms with E-state index in [0.29, 0.717) is 0 Å². The van der Waals surface area contributed by atoms with Gasteiger partial charge in [-0.3, -0.25) is 14.5 Å². The van der Waals surface area contributed by atoms with Gasteiger partial charge in [0.25, 0.3) is 0 Å². The summed E-state index contributed by atoms with van der Waals surface area (Å²) in [5.41, 5.74) is -1.15. The van der Waals surface area contributed by atoms with Gasteiger partial charge in [0.1, 0.15) is 0 Å². The number of unbranched alkanes of at least 4 members (excludes halogenated alkanes) is 18. The van der Waals surface area contributed by atoms with E-state index in [2.05, 4.69) is 155 Å². The van der Waals surface area contributed by atoms with Crippen LogP contribution in [-0.4, -0.2) is 121 Å². The lowest BCUT2D eigenvalue weighted by atomic mass is 9.78. The number of aromatic nitrogens is 3. The number of piperidine rings is 3. The summed E-state index contributed by atoms with van der Waals surface area (Å²) in [6, 6.07) is 0.671. The molecule has 0 N–H and O–H groups in total. The van der Waals surface area contributed by atoms with Crippen molar-refractivity contribution in [1.82, 2.24) is 30.1 Å². The number of hydroxylamine groups is 6. The van der Waals surface area contributed by atoms with Gasteiger partial charge in [0, 0.05) is 71.0 Å². The quantitative estimate of drug-likeness (QED) is 0.0589. The van der Waals surface area contributed by atoms with Crippen LogP contribution in [0.15, 0.2) is 0 Å². The van der Waals surface area contributed by atoms with E-state index >= 15 is 0 Å². The van der Waals surface area contributed by atoms with Crippen LogP contribution < -0.4 is 14.7 Å². The van der Waals surface area contributed by atoms with Crippen LogP contribution in [0.25, 0.3) is 0 Å². The average Bonchev–Trinajstić information content (AvgIpc) is 3.35. The average molecular weight is 1100 g/mol. The molecule has 0 aliphatic carbocycles. The second-order valence-electron chi connectivity index (χ2n) is 28.6. The van der Waals surface area contributed by atoms with E-state index in [0.717, 1.165) is 154 Å². The minimum Gasteiger partial charge on any atom is -0.337 e. The summed E-state index contributed by atoms with van der Waals surface area (Å²) in [4.78, 5) is 46.0. The molecule has 0 unspecified atom stereocenters. The van der Waals surface area contributed by atoms with Crippen molar-refractivity contribution in [3.05, 3.63) is 0 Å². The summed E-state index contributed by atoms with van der Waals surface area (Å²) in [5.74, 6) is 2.54. The zero-order chi connectivity index (χ0) is 57.6. The van der Waals surface area contributed by atoms with Crippen LogP contribution in [-0.2, 0) is 14.5 Å². The van der Waals surface area contributed by atoms with Crippen LogP contribution in [0.4, 0.5) is 17.8 Å². The Labute approximate surface area is 483 Å². The highest BCUT2D eigenvalue weighted by atomic mass is 16.7. The molecule has 0 radical (unpaired) electrons. The second-order valence-corrected chi connectivity index (χ2v) is 28.6. The second kappa shape index (κ2) is 32.9. The maximum absolute atomic E-state index is 6.85. The third-order valence-electron chi connectivity index (χ3n) is 17.8. The molecule has 12 heteroatoms. The summed E-state index contributed by atoms with van der Waals surface area (Å²) < 4.78 is 0. The molecule has 0 amide bonds. The van der Waals surface area contributed by atoms with Crippen LogP contribution in [0.1, 0.15) is 317 Å². The molecule has 4 heterocycles. The predicted molar refractivity (Wildman–Crippen MR) is 334 cm³/mol. The van der Waals surface area contributed by atoms with Gasteiger partial charge in [-0.25, -0.2) is 0 Å². The molecule has 0 spiro atoms. The van der Waals surface area contributed by atoms with Crippen molar-refractivity contribution in [3.63, 3.8) is 0 Å². The minimum atomic E-state index is -0.192. The number of anilines is 3. The first-order chi connectivity index (χ1) is 36.9. The van der Waals surface area contributed by atoms with Gasteiger partial charge >= 0.3 is 0 Å². The van der Waals surface area contributed by atoms with Crippen molar-refractivity contribution in [2.45, 2.75) is 369 Å². The Morgan fingerprint density at radius 1 is 0.308 bits per heavy atom. The van der Waals surface area contributed by atoms with E-state index in [9.17, 15) is 0 Å². The smallest absolute Gasteiger partial charge is 0.232 e. The number of hydrogen-bond donors (Lipinski definition) is 0. The predicted octanol–water partition coefficient (Wildman–Crippen LogP) is 17.6. The first-order valence-corrected chi connectivity index (χ1v) is 33.3. The van der Waals surface area contributed by atoms with Crippen molar-refractivity contribution >= 4 is 17.8 Å². The van der Waals surface area contributed by atoms with Crippen LogP contribution in [0.2, 0.25) is 0 Å². The van der Waals surface area contributed by atoms with Crippen molar-refractivity contribution in [1.29, 1.82) is 0 Å². The maximum atomic E-state index is 6.85. The molecule has 4 rings (SSSR count). The Morgan fingerprint density at radius 3 is 0.705 bits per heavy atom. The van der Waals surface area contributed by atoms with E-state index in [1.54, 1.807) is 0 Å². The Bertz CT molecular complexity index is 1520. The lowest BCUT2D eigenvalue weighted by Gasteiger charge is -2.56. The van der Waals surface area contributed by atoms with Gasteiger partial charge in [-0.1, -0.05) is 157 Å². The molecule has 456 valence electrons. The number of nitrogens with zero attached hydrogens (tertiary/aromatic N) is 9. The fourth-order valence-corrected chi connectivity index (χ4v) is 14.5. The molecule has 3 fully saturated rings. The normalized spacial score (nSPS) is 20.8. The van der Waals surface area contributed by atoms with Crippen LogP contribution in [0, 0.1) is 0 Å². The van der Waals surface area contributed by atoms with E-state index in [1.165, 1.54) is 96.3 Å². The molecule has 3 aliphatic rings. The van der Waals surface area contributed by atoms with Gasteiger partial charge in [-0.2, -0.15) is 30.1 Å². The van der Waals surface area contributed by atoms with Gasteiger partial charge in [0.2, 0.25) is 17.8 Å². The topological polar surface area (TPSA) is 85.8 Å². The van der Waals surface area contributed by atoms with Crippen LogP contribution >= 0.6 is 0 Å². The lowest BCUT2D eigenvalue weighted by molar-refractivity contribution is -0.283. The Kier molecular flexibility index (Phi) is 28.9. The first kappa shape index (κ1) is 68.7. The number of hydrogen-bond acceptors (Lipinski definition) is 12.